The molecule has 0 radical (unpaired) electrons. The van der Waals surface area contributed by atoms with Gasteiger partial charge in [-0.05, 0) is 24.3 Å². The number of carbonyl (C=O) groups excluding carboxylic acids is 1. The SMILES string of the molecule is COCCN(C)C(=O)Nc1ccc(-c2nc(CS(C)(O)O)cc(N3CCOCC3)n2)cc1. The van der Waals surface area contributed by atoms with Crippen LogP contribution in [-0.2, 0) is 15.2 Å². The molecular weight excluding hydrogens is 434 g/mol. The van der Waals surface area contributed by atoms with Gasteiger partial charge in [-0.3, -0.25) is 9.11 Å². The van der Waals surface area contributed by atoms with Crippen molar-refractivity contribution < 1.29 is 23.4 Å². The molecule has 0 aliphatic carbocycles. The highest BCUT2D eigenvalue weighted by Crippen LogP contribution is 2.38. The third-order valence-corrected chi connectivity index (χ3v) is 5.74. The molecule has 176 valence electrons. The number of nitrogens with zero attached hydrogens (tertiary/aromatic N) is 4. The minimum Gasteiger partial charge on any atom is -0.383 e. The van der Waals surface area contributed by atoms with Gasteiger partial charge in [0, 0.05) is 57.4 Å². The van der Waals surface area contributed by atoms with Crippen molar-refractivity contribution in [3.8, 4) is 11.4 Å². The molecule has 1 aliphatic rings. The normalized spacial score (nSPS) is 14.8. The summed E-state index contributed by atoms with van der Waals surface area (Å²) in [6.45, 7) is 3.60. The number of methoxy groups -OCH3 is 1. The number of aromatic nitrogens is 2. The number of hydrogen-bond acceptors (Lipinski definition) is 8. The number of likely N-dealkylation sites (N-methyl/N-ethyl adjacent to an activating group) is 1. The quantitative estimate of drug-likeness (QED) is 0.544. The molecule has 1 fully saturated rings. The third kappa shape index (κ3) is 7.04. The Hall–Kier alpha value is -2.44. The van der Waals surface area contributed by atoms with Crippen molar-refractivity contribution in [3.63, 3.8) is 0 Å². The molecule has 0 bridgehead atoms. The lowest BCUT2D eigenvalue weighted by Gasteiger charge is -2.30. The molecule has 1 aromatic heterocycles. The highest BCUT2D eigenvalue weighted by molar-refractivity contribution is 8.23. The maximum atomic E-state index is 12.2. The number of benzene rings is 1. The van der Waals surface area contributed by atoms with Gasteiger partial charge in [0.1, 0.15) is 5.82 Å². The molecule has 10 nitrogen and oxygen atoms in total. The summed E-state index contributed by atoms with van der Waals surface area (Å²) in [6.07, 6.45) is 1.41. The third-order valence-electron chi connectivity index (χ3n) is 4.89. The van der Waals surface area contributed by atoms with Crippen molar-refractivity contribution in [3.05, 3.63) is 36.0 Å². The molecular formula is C21H31N5O5S. The van der Waals surface area contributed by atoms with Crippen molar-refractivity contribution in [2.75, 3.05) is 70.1 Å². The van der Waals surface area contributed by atoms with Crippen LogP contribution in [0, 0.1) is 0 Å². The van der Waals surface area contributed by atoms with Gasteiger partial charge in [-0.2, -0.15) is 10.6 Å². The number of carbonyl (C=O) groups is 1. The smallest absolute Gasteiger partial charge is 0.321 e. The summed E-state index contributed by atoms with van der Waals surface area (Å²) in [4.78, 5) is 25.2. The molecule has 0 saturated carbocycles. The monoisotopic (exact) mass is 465 g/mol. The Labute approximate surface area is 189 Å². The topological polar surface area (TPSA) is 120 Å². The van der Waals surface area contributed by atoms with Gasteiger partial charge in [0.2, 0.25) is 0 Å². The number of amides is 2. The van der Waals surface area contributed by atoms with Gasteiger partial charge in [0.05, 0.1) is 31.3 Å². The van der Waals surface area contributed by atoms with E-state index in [-0.39, 0.29) is 11.8 Å². The molecule has 1 saturated heterocycles. The number of morpholine rings is 1. The minimum absolute atomic E-state index is 0.0574. The maximum absolute atomic E-state index is 12.2. The van der Waals surface area contributed by atoms with E-state index in [4.69, 9.17) is 14.5 Å². The van der Waals surface area contributed by atoms with Crippen LogP contribution in [0.3, 0.4) is 0 Å². The summed E-state index contributed by atoms with van der Waals surface area (Å²) in [5.74, 6) is 1.28. The minimum atomic E-state index is -2.75. The summed E-state index contributed by atoms with van der Waals surface area (Å²) in [6, 6.07) is 8.81. The zero-order chi connectivity index (χ0) is 23.1. The van der Waals surface area contributed by atoms with Crippen LogP contribution < -0.4 is 10.2 Å². The molecule has 0 unspecified atom stereocenters. The second-order valence-corrected chi connectivity index (χ2v) is 9.98. The van der Waals surface area contributed by atoms with Crippen molar-refractivity contribution in [1.82, 2.24) is 14.9 Å². The van der Waals surface area contributed by atoms with E-state index in [0.717, 1.165) is 11.4 Å². The van der Waals surface area contributed by atoms with Crippen molar-refractivity contribution in [2.45, 2.75) is 5.75 Å². The second kappa shape index (κ2) is 10.9. The summed E-state index contributed by atoms with van der Waals surface area (Å²) in [5, 5.41) is 2.84. The number of hydrogen-bond donors (Lipinski definition) is 3. The standard InChI is InChI=1S/C21H31N5O5S/c1-25(8-11-30-2)21(27)23-17-6-4-16(5-7-17)20-22-18(15-32(3,28)29)14-19(24-20)26-9-12-31-13-10-26/h4-7,14,28-29H,8-13,15H2,1-3H3,(H,23,27). The average molecular weight is 466 g/mol. The highest BCUT2D eigenvalue weighted by atomic mass is 32.3. The van der Waals surface area contributed by atoms with E-state index < -0.39 is 10.6 Å². The van der Waals surface area contributed by atoms with Crippen LogP contribution >= 0.6 is 10.6 Å². The van der Waals surface area contributed by atoms with Gasteiger partial charge in [-0.1, -0.05) is 0 Å². The number of urea groups is 1. The van der Waals surface area contributed by atoms with Crippen LogP contribution in [0.15, 0.2) is 30.3 Å². The van der Waals surface area contributed by atoms with Gasteiger partial charge in [0.25, 0.3) is 0 Å². The lowest BCUT2D eigenvalue weighted by Crippen LogP contribution is -2.37. The Kier molecular flexibility index (Phi) is 8.26. The van der Waals surface area contributed by atoms with Crippen LogP contribution in [0.4, 0.5) is 16.3 Å². The van der Waals surface area contributed by atoms with Crippen LogP contribution in [0.2, 0.25) is 0 Å². The van der Waals surface area contributed by atoms with E-state index in [1.54, 1.807) is 37.3 Å². The molecule has 0 spiro atoms. The van der Waals surface area contributed by atoms with Crippen molar-refractivity contribution >= 4 is 28.1 Å². The van der Waals surface area contributed by atoms with Gasteiger partial charge in [-0.15, -0.1) is 0 Å². The van der Waals surface area contributed by atoms with E-state index >= 15 is 0 Å². The van der Waals surface area contributed by atoms with Gasteiger partial charge < -0.3 is 24.6 Å². The first-order valence-corrected chi connectivity index (χ1v) is 12.4. The Balaban J connectivity index is 1.81. The Morgan fingerprint density at radius 2 is 1.94 bits per heavy atom. The molecule has 0 atom stereocenters. The summed E-state index contributed by atoms with van der Waals surface area (Å²) >= 11 is 0. The lowest BCUT2D eigenvalue weighted by molar-refractivity contribution is 0.122. The first kappa shape index (κ1) is 24.2. The molecule has 1 aromatic carbocycles. The molecule has 3 rings (SSSR count). The Morgan fingerprint density at radius 1 is 1.25 bits per heavy atom. The predicted octanol–water partition coefficient (Wildman–Crippen LogP) is 2.97. The molecule has 2 aromatic rings. The van der Waals surface area contributed by atoms with Crippen molar-refractivity contribution in [1.29, 1.82) is 0 Å². The van der Waals surface area contributed by atoms with E-state index in [1.165, 1.54) is 6.26 Å². The van der Waals surface area contributed by atoms with E-state index in [1.807, 2.05) is 12.1 Å². The summed E-state index contributed by atoms with van der Waals surface area (Å²) in [7, 11) is 0.541. The highest BCUT2D eigenvalue weighted by Gasteiger charge is 2.18. The molecule has 2 heterocycles. The summed E-state index contributed by atoms with van der Waals surface area (Å²) in [5.41, 5.74) is 1.98. The number of ether oxygens (including phenoxy) is 2. The first-order chi connectivity index (χ1) is 15.2. The fraction of sp³-hybridized carbons (Fsp3) is 0.476. The molecule has 11 heteroatoms. The maximum Gasteiger partial charge on any atom is 0.321 e. The van der Waals surface area contributed by atoms with Crippen LogP contribution in [0.5, 0.6) is 0 Å². The fourth-order valence-electron chi connectivity index (χ4n) is 3.17. The Morgan fingerprint density at radius 3 is 2.56 bits per heavy atom. The zero-order valence-electron chi connectivity index (χ0n) is 18.7. The van der Waals surface area contributed by atoms with Gasteiger partial charge >= 0.3 is 6.03 Å². The fourth-order valence-corrected chi connectivity index (χ4v) is 3.88. The molecule has 1 aliphatic heterocycles. The van der Waals surface area contributed by atoms with Crippen molar-refractivity contribution in [2.24, 2.45) is 0 Å². The molecule has 3 N–H and O–H groups in total. The zero-order valence-corrected chi connectivity index (χ0v) is 19.5. The second-order valence-electron chi connectivity index (χ2n) is 7.70. The predicted molar refractivity (Wildman–Crippen MR) is 127 cm³/mol. The number of nitrogens with one attached hydrogen (secondary N) is 1. The van der Waals surface area contributed by atoms with Crippen LogP contribution in [0.25, 0.3) is 11.4 Å². The van der Waals surface area contributed by atoms with E-state index in [9.17, 15) is 13.9 Å². The molecule has 2 amide bonds. The molecule has 32 heavy (non-hydrogen) atoms. The number of rotatable bonds is 8. The summed E-state index contributed by atoms with van der Waals surface area (Å²) < 4.78 is 30.3. The van der Waals surface area contributed by atoms with E-state index in [2.05, 4.69) is 15.2 Å². The van der Waals surface area contributed by atoms with Gasteiger partial charge in [-0.25, -0.2) is 14.8 Å². The van der Waals surface area contributed by atoms with E-state index in [0.29, 0.717) is 56.7 Å². The lowest BCUT2D eigenvalue weighted by atomic mass is 10.2. The van der Waals surface area contributed by atoms with Crippen LogP contribution in [0.1, 0.15) is 5.69 Å². The largest absolute Gasteiger partial charge is 0.383 e. The van der Waals surface area contributed by atoms with Gasteiger partial charge in [0.15, 0.2) is 5.82 Å². The number of anilines is 2. The average Bonchev–Trinajstić information content (AvgIpc) is 2.77. The Bertz CT molecular complexity index is 900. The van der Waals surface area contributed by atoms with Crippen LogP contribution in [-0.4, -0.2) is 89.9 Å². The first-order valence-electron chi connectivity index (χ1n) is 10.3.